The van der Waals surface area contributed by atoms with Crippen LogP contribution in [0.5, 0.6) is 11.5 Å². The average molecular weight is 487 g/mol. The maximum absolute atomic E-state index is 13.3. The number of halogens is 2. The number of para-hydroxylation sites is 1. The van der Waals surface area contributed by atoms with Crippen molar-refractivity contribution in [3.05, 3.63) is 72.5 Å². The van der Waals surface area contributed by atoms with Gasteiger partial charge in [-0.05, 0) is 35.9 Å². The van der Waals surface area contributed by atoms with Crippen molar-refractivity contribution >= 4 is 44.3 Å². The van der Waals surface area contributed by atoms with Crippen LogP contribution in [0.3, 0.4) is 0 Å². The number of phenolic OH excluding ortho intramolecular Hbond substituents is 2. The summed E-state index contributed by atoms with van der Waals surface area (Å²) in [6.07, 6.45) is 0. The molecule has 7 nitrogen and oxygen atoms in total. The smallest absolute Gasteiger partial charge is 0.295 e. The van der Waals surface area contributed by atoms with E-state index in [0.717, 1.165) is 0 Å². The zero-order chi connectivity index (χ0) is 22.6. The fraction of sp³-hybridized carbons (Fsp3) is 0. The van der Waals surface area contributed by atoms with Crippen molar-refractivity contribution in [3.8, 4) is 34.0 Å². The minimum atomic E-state index is -4.59. The van der Waals surface area contributed by atoms with Crippen LogP contribution >= 0.6 is 12.4 Å². The van der Waals surface area contributed by atoms with Crippen LogP contribution < -0.4 is 0 Å². The monoisotopic (exact) mass is 486 g/mol. The first-order valence-corrected chi connectivity index (χ1v) is 10.9. The molecule has 0 saturated carbocycles. The summed E-state index contributed by atoms with van der Waals surface area (Å²) in [6, 6.07) is 16.2. The van der Waals surface area contributed by atoms with Gasteiger partial charge in [0, 0.05) is 10.9 Å². The average Bonchev–Trinajstić information content (AvgIpc) is 3.17. The van der Waals surface area contributed by atoms with Gasteiger partial charge >= 0.3 is 0 Å². The van der Waals surface area contributed by atoms with Crippen molar-refractivity contribution in [1.82, 2.24) is 9.97 Å². The highest BCUT2D eigenvalue weighted by atomic mass is 35.5. The van der Waals surface area contributed by atoms with E-state index in [1.807, 2.05) is 0 Å². The summed E-state index contributed by atoms with van der Waals surface area (Å²) in [6.45, 7) is 0. The van der Waals surface area contributed by atoms with Gasteiger partial charge in [0.15, 0.2) is 0 Å². The number of fused-ring (bicyclic) bond motifs is 3. The van der Waals surface area contributed by atoms with Crippen molar-refractivity contribution in [2.24, 2.45) is 0 Å². The number of benzene rings is 4. The highest BCUT2D eigenvalue weighted by Gasteiger charge is 2.22. The van der Waals surface area contributed by atoms with Crippen molar-refractivity contribution < 1.29 is 27.6 Å². The number of aromatic hydroxyl groups is 2. The quantitative estimate of drug-likeness (QED) is 0.258. The maximum atomic E-state index is 13.3. The van der Waals surface area contributed by atoms with Gasteiger partial charge < -0.3 is 15.2 Å². The molecule has 0 fully saturated rings. The van der Waals surface area contributed by atoms with E-state index in [2.05, 4.69) is 9.97 Å². The predicted octanol–water partition coefficient (Wildman–Crippen LogP) is 5.27. The molecular formula is C23H16ClFN2O5S. The molecule has 0 aliphatic rings. The number of phenols is 2. The Hall–Kier alpha value is -3.66. The number of hydrogen-bond donors (Lipinski definition) is 4. The number of nitrogens with zero attached hydrogens (tertiary/aromatic N) is 1. The van der Waals surface area contributed by atoms with Crippen LogP contribution in [0.2, 0.25) is 0 Å². The van der Waals surface area contributed by atoms with Crippen molar-refractivity contribution in [3.63, 3.8) is 0 Å². The molecule has 0 unspecified atom stereocenters. The molecule has 0 bridgehead atoms. The Morgan fingerprint density at radius 2 is 1.58 bits per heavy atom. The molecule has 5 rings (SSSR count). The molecule has 168 valence electrons. The first kappa shape index (κ1) is 22.5. The van der Waals surface area contributed by atoms with E-state index in [9.17, 15) is 27.6 Å². The van der Waals surface area contributed by atoms with Gasteiger partial charge in [0.1, 0.15) is 33.6 Å². The Kier molecular flexibility index (Phi) is 5.49. The minimum absolute atomic E-state index is 0. The molecular weight excluding hydrogens is 471 g/mol. The normalized spacial score (nSPS) is 11.6. The van der Waals surface area contributed by atoms with E-state index in [0.29, 0.717) is 16.7 Å². The third kappa shape index (κ3) is 3.76. The van der Waals surface area contributed by atoms with Crippen molar-refractivity contribution in [2.45, 2.75) is 4.90 Å². The van der Waals surface area contributed by atoms with Crippen molar-refractivity contribution in [2.75, 3.05) is 0 Å². The maximum Gasteiger partial charge on any atom is 0.295 e. The van der Waals surface area contributed by atoms with Crippen LogP contribution in [0, 0.1) is 5.82 Å². The standard InChI is InChI=1S/C23H15FN2O5S.ClH/c24-13-9-7-12(8-10-13)14-3-1-5-16(22(14)28)23-25-17-11-19(32(29,30)31)15-4-2-6-18(27)20(15)21(17)26-23;/h1-11,27-28H,(H,25,26)(H,29,30,31);1H. The number of imidazole rings is 1. The van der Waals surface area contributed by atoms with Gasteiger partial charge in [-0.3, -0.25) is 4.55 Å². The van der Waals surface area contributed by atoms with E-state index in [-0.39, 0.29) is 56.4 Å². The lowest BCUT2D eigenvalue weighted by Crippen LogP contribution is -1.99. The van der Waals surface area contributed by atoms with Crippen LogP contribution in [-0.2, 0) is 10.1 Å². The van der Waals surface area contributed by atoms with E-state index >= 15 is 0 Å². The first-order valence-electron chi connectivity index (χ1n) is 9.44. The number of H-pyrrole nitrogens is 1. The molecule has 10 heteroatoms. The number of rotatable bonds is 3. The predicted molar refractivity (Wildman–Crippen MR) is 125 cm³/mol. The first-order chi connectivity index (χ1) is 15.2. The van der Waals surface area contributed by atoms with E-state index in [1.54, 1.807) is 18.2 Å². The van der Waals surface area contributed by atoms with Gasteiger partial charge in [0.2, 0.25) is 0 Å². The topological polar surface area (TPSA) is 124 Å². The second kappa shape index (κ2) is 8.04. The summed E-state index contributed by atoms with van der Waals surface area (Å²) >= 11 is 0. The van der Waals surface area contributed by atoms with Gasteiger partial charge in [-0.1, -0.05) is 36.4 Å². The molecule has 0 saturated heterocycles. The van der Waals surface area contributed by atoms with Crippen LogP contribution in [0.15, 0.2) is 71.6 Å². The largest absolute Gasteiger partial charge is 0.507 e. The van der Waals surface area contributed by atoms with E-state index in [1.165, 1.54) is 48.5 Å². The lowest BCUT2D eigenvalue weighted by molar-refractivity contribution is 0.478. The number of aromatic nitrogens is 2. The zero-order valence-corrected chi connectivity index (χ0v) is 18.3. The SMILES string of the molecule is Cl.O=S(=O)(O)c1cc2[nH]c(-c3cccc(-c4ccc(F)cc4)c3O)nc2c2c(O)cccc12. The van der Waals surface area contributed by atoms with Crippen molar-refractivity contribution in [1.29, 1.82) is 0 Å². The van der Waals surface area contributed by atoms with Crippen LogP contribution in [0.4, 0.5) is 4.39 Å². The van der Waals surface area contributed by atoms with Crippen LogP contribution in [0.25, 0.3) is 44.3 Å². The Morgan fingerprint density at radius 1 is 0.909 bits per heavy atom. The molecule has 0 amide bonds. The summed E-state index contributed by atoms with van der Waals surface area (Å²) in [5, 5.41) is 21.6. The molecule has 0 atom stereocenters. The van der Waals surface area contributed by atoms with Gasteiger partial charge in [-0.2, -0.15) is 8.42 Å². The highest BCUT2D eigenvalue weighted by molar-refractivity contribution is 7.86. The van der Waals surface area contributed by atoms with Gasteiger partial charge in [-0.15, -0.1) is 12.4 Å². The summed E-state index contributed by atoms with van der Waals surface area (Å²) in [5.74, 6) is -0.497. The number of aromatic amines is 1. The Morgan fingerprint density at radius 3 is 2.27 bits per heavy atom. The molecule has 33 heavy (non-hydrogen) atoms. The van der Waals surface area contributed by atoms with E-state index in [4.69, 9.17) is 0 Å². The summed E-state index contributed by atoms with van der Waals surface area (Å²) in [5.41, 5.74) is 1.88. The zero-order valence-electron chi connectivity index (χ0n) is 16.7. The molecule has 0 spiro atoms. The molecule has 0 aliphatic heterocycles. The summed E-state index contributed by atoms with van der Waals surface area (Å²) in [4.78, 5) is 7.07. The highest BCUT2D eigenvalue weighted by Crippen LogP contribution is 2.40. The summed E-state index contributed by atoms with van der Waals surface area (Å²) < 4.78 is 46.8. The second-order valence-electron chi connectivity index (χ2n) is 7.24. The fourth-order valence-electron chi connectivity index (χ4n) is 3.82. The molecule has 4 aromatic carbocycles. The minimum Gasteiger partial charge on any atom is -0.507 e. The Bertz CT molecular complexity index is 1630. The molecule has 4 N–H and O–H groups in total. The van der Waals surface area contributed by atoms with Gasteiger partial charge in [0.25, 0.3) is 10.1 Å². The third-order valence-electron chi connectivity index (χ3n) is 5.28. The Balaban J connectivity index is 0.00000259. The molecule has 0 aliphatic carbocycles. The lowest BCUT2D eigenvalue weighted by atomic mass is 10.0. The molecule has 0 radical (unpaired) electrons. The number of nitrogens with one attached hydrogen (secondary N) is 1. The van der Waals surface area contributed by atoms with Gasteiger partial charge in [-0.25, -0.2) is 9.37 Å². The summed E-state index contributed by atoms with van der Waals surface area (Å²) in [7, 11) is -4.59. The molecule has 5 aromatic rings. The fourth-order valence-corrected chi connectivity index (χ4v) is 4.54. The number of hydrogen-bond acceptors (Lipinski definition) is 5. The second-order valence-corrected chi connectivity index (χ2v) is 8.63. The molecule has 1 aromatic heterocycles. The van der Waals surface area contributed by atoms with Gasteiger partial charge in [0.05, 0.1) is 16.5 Å². The Labute approximate surface area is 193 Å². The lowest BCUT2D eigenvalue weighted by Gasteiger charge is -2.08. The third-order valence-corrected chi connectivity index (χ3v) is 6.17. The molecule has 1 heterocycles. The van der Waals surface area contributed by atoms with Crippen LogP contribution in [0.1, 0.15) is 0 Å². The van der Waals surface area contributed by atoms with E-state index < -0.39 is 15.9 Å². The van der Waals surface area contributed by atoms with Crippen LogP contribution in [-0.4, -0.2) is 33.2 Å².